The van der Waals surface area contributed by atoms with Gasteiger partial charge in [-0.05, 0) is 6.92 Å². The van der Waals surface area contributed by atoms with Crippen molar-refractivity contribution in [3.05, 3.63) is 12.4 Å². The van der Waals surface area contributed by atoms with Crippen molar-refractivity contribution in [2.75, 3.05) is 6.54 Å². The predicted octanol–water partition coefficient (Wildman–Crippen LogP) is 0.210. The Labute approximate surface area is 48.7 Å². The molecule has 2 N–H and O–H groups in total. The lowest BCUT2D eigenvalue weighted by molar-refractivity contribution is -0.789. The number of nitrogens with two attached hydrogens (primary N) is 1. The molecular formula is C5H10N3+. The van der Waals surface area contributed by atoms with Crippen LogP contribution in [0.3, 0.4) is 0 Å². The van der Waals surface area contributed by atoms with Crippen LogP contribution in [0.1, 0.15) is 6.92 Å². The first-order valence-electron chi connectivity index (χ1n) is 2.65. The van der Waals surface area contributed by atoms with Gasteiger partial charge in [0.05, 0.1) is 6.20 Å². The number of aliphatic imine (C=N–C) groups is 1. The molecule has 0 aromatic rings. The van der Waals surface area contributed by atoms with Gasteiger partial charge in [-0.15, -0.1) is 0 Å². The maximum absolute atomic E-state index is 5.66. The van der Waals surface area contributed by atoms with Gasteiger partial charge in [-0.3, -0.25) is 0 Å². The van der Waals surface area contributed by atoms with E-state index in [9.17, 15) is 0 Å². The molecule has 0 saturated heterocycles. The highest BCUT2D eigenvalue weighted by molar-refractivity contribution is 5.50. The van der Waals surface area contributed by atoms with E-state index in [-0.39, 0.29) is 0 Å². The van der Waals surface area contributed by atoms with Gasteiger partial charge in [-0.2, -0.15) is 10.4 Å². The normalized spacial score (nSPS) is 34.2. The molecule has 1 unspecified atom stereocenters. The Morgan fingerprint density at radius 3 is 2.75 bits per heavy atom. The molecule has 1 heterocycles. The van der Waals surface area contributed by atoms with Crippen LogP contribution in [0.4, 0.5) is 0 Å². The van der Waals surface area contributed by atoms with E-state index in [0.29, 0.717) is 4.59 Å². The van der Waals surface area contributed by atoms with Crippen molar-refractivity contribution in [1.82, 2.24) is 0 Å². The summed E-state index contributed by atoms with van der Waals surface area (Å²) in [5.41, 5.74) is 0. The molecule has 0 amide bonds. The topological polar surface area (TPSA) is 38.4 Å². The van der Waals surface area contributed by atoms with Gasteiger partial charge in [0.15, 0.2) is 0 Å². The van der Waals surface area contributed by atoms with Crippen molar-refractivity contribution in [2.45, 2.75) is 6.92 Å². The second kappa shape index (κ2) is 1.69. The van der Waals surface area contributed by atoms with Gasteiger partial charge in [0.25, 0.3) is 0 Å². The molecule has 0 bridgehead atoms. The van der Waals surface area contributed by atoms with Crippen LogP contribution < -0.4 is 5.84 Å². The molecule has 0 spiro atoms. The lowest BCUT2D eigenvalue weighted by Crippen LogP contribution is -2.46. The number of hydrogen-bond donors (Lipinski definition) is 1. The van der Waals surface area contributed by atoms with E-state index in [4.69, 9.17) is 5.84 Å². The highest BCUT2D eigenvalue weighted by Crippen LogP contribution is 2.00. The van der Waals surface area contributed by atoms with Crippen molar-refractivity contribution < 1.29 is 4.59 Å². The van der Waals surface area contributed by atoms with Gasteiger partial charge in [0.1, 0.15) is 12.7 Å². The summed E-state index contributed by atoms with van der Waals surface area (Å²) in [7, 11) is 0. The fraction of sp³-hybridized carbons (Fsp3) is 0.400. The van der Waals surface area contributed by atoms with Crippen LogP contribution in [-0.4, -0.2) is 17.5 Å². The second-order valence-electron chi connectivity index (χ2n) is 1.87. The van der Waals surface area contributed by atoms with Crippen molar-refractivity contribution in [2.24, 2.45) is 10.8 Å². The van der Waals surface area contributed by atoms with Crippen LogP contribution in [-0.2, 0) is 0 Å². The summed E-state index contributed by atoms with van der Waals surface area (Å²) in [6, 6.07) is 0. The van der Waals surface area contributed by atoms with Crippen molar-refractivity contribution in [1.29, 1.82) is 0 Å². The van der Waals surface area contributed by atoms with Crippen LogP contribution in [0.5, 0.6) is 0 Å². The monoisotopic (exact) mass is 112 g/mol. The van der Waals surface area contributed by atoms with Crippen molar-refractivity contribution in [3.8, 4) is 0 Å². The fourth-order valence-corrected chi connectivity index (χ4v) is 0.551. The second-order valence-corrected chi connectivity index (χ2v) is 1.87. The molecule has 0 saturated carbocycles. The Morgan fingerprint density at radius 1 is 1.75 bits per heavy atom. The smallest absolute Gasteiger partial charge is 0.204 e. The minimum absolute atomic E-state index is 0.347. The Bertz CT molecular complexity index is 125. The number of hydrogen-bond acceptors (Lipinski definition) is 2. The third-order valence-corrected chi connectivity index (χ3v) is 1.26. The number of nitrogens with zero attached hydrogens (tertiary/aromatic N) is 2. The van der Waals surface area contributed by atoms with Gasteiger partial charge < -0.3 is 0 Å². The van der Waals surface area contributed by atoms with E-state index < -0.39 is 0 Å². The average Bonchev–Trinajstić information content (AvgIpc) is 2.17. The summed E-state index contributed by atoms with van der Waals surface area (Å²) in [6.45, 7) is 2.88. The van der Waals surface area contributed by atoms with E-state index in [1.807, 2.05) is 13.1 Å². The molecule has 1 rings (SSSR count). The highest BCUT2D eigenvalue weighted by Gasteiger charge is 2.16. The molecule has 1 atom stereocenters. The molecule has 1 aliphatic heterocycles. The van der Waals surface area contributed by atoms with Gasteiger partial charge in [-0.25, -0.2) is 4.99 Å². The molecule has 0 fully saturated rings. The molecule has 0 radical (unpaired) electrons. The first kappa shape index (κ1) is 5.47. The first-order valence-corrected chi connectivity index (χ1v) is 2.65. The third-order valence-electron chi connectivity index (χ3n) is 1.26. The van der Waals surface area contributed by atoms with Crippen LogP contribution in [0.25, 0.3) is 0 Å². The van der Waals surface area contributed by atoms with E-state index in [2.05, 4.69) is 4.99 Å². The number of quaternary nitrogens is 1. The summed E-state index contributed by atoms with van der Waals surface area (Å²) in [4.78, 5) is 3.85. The van der Waals surface area contributed by atoms with Crippen LogP contribution in [0.2, 0.25) is 0 Å². The van der Waals surface area contributed by atoms with E-state index in [1.54, 1.807) is 12.5 Å². The zero-order chi connectivity index (χ0) is 6.04. The van der Waals surface area contributed by atoms with E-state index >= 15 is 0 Å². The minimum Gasteiger partial charge on any atom is -0.204 e. The summed E-state index contributed by atoms with van der Waals surface area (Å²) in [5.74, 6) is 5.66. The third kappa shape index (κ3) is 0.778. The Kier molecular flexibility index (Phi) is 1.15. The first-order chi connectivity index (χ1) is 3.77. The summed E-state index contributed by atoms with van der Waals surface area (Å²) < 4.78 is 0.347. The molecule has 0 aromatic carbocycles. The summed E-state index contributed by atoms with van der Waals surface area (Å²) in [5, 5.41) is 0. The van der Waals surface area contributed by atoms with E-state index in [0.717, 1.165) is 6.54 Å². The van der Waals surface area contributed by atoms with Crippen molar-refractivity contribution in [3.63, 3.8) is 0 Å². The maximum Gasteiger partial charge on any atom is 0.214 e. The Balaban J connectivity index is 2.69. The molecule has 3 heteroatoms. The SMILES string of the molecule is CC[N+]1(N)C=CN=C1. The lowest BCUT2D eigenvalue weighted by atomic mass is 10.6. The van der Waals surface area contributed by atoms with Crippen LogP contribution in [0, 0.1) is 0 Å². The van der Waals surface area contributed by atoms with Crippen LogP contribution in [0.15, 0.2) is 17.4 Å². The molecule has 8 heavy (non-hydrogen) atoms. The van der Waals surface area contributed by atoms with Gasteiger partial charge in [-0.1, -0.05) is 0 Å². The zero-order valence-corrected chi connectivity index (χ0v) is 4.91. The molecule has 44 valence electrons. The molecule has 0 aromatic heterocycles. The molecule has 0 aliphatic carbocycles. The maximum atomic E-state index is 5.66. The van der Waals surface area contributed by atoms with Gasteiger partial charge >= 0.3 is 0 Å². The molecule has 1 aliphatic rings. The molecule has 3 nitrogen and oxygen atoms in total. The van der Waals surface area contributed by atoms with E-state index in [1.165, 1.54) is 0 Å². The highest BCUT2D eigenvalue weighted by atomic mass is 15.6. The zero-order valence-electron chi connectivity index (χ0n) is 4.91. The predicted molar refractivity (Wildman–Crippen MR) is 32.6 cm³/mol. The van der Waals surface area contributed by atoms with Gasteiger partial charge in [0.2, 0.25) is 6.34 Å². The summed E-state index contributed by atoms with van der Waals surface area (Å²) in [6.07, 6.45) is 5.27. The van der Waals surface area contributed by atoms with Gasteiger partial charge in [0, 0.05) is 0 Å². The average molecular weight is 112 g/mol. The molecular weight excluding hydrogens is 102 g/mol. The standard InChI is InChI=1S/C5H10N3/c1-2-8(6)4-3-7-5-8/h3-5H,2,6H2,1H3/q+1. The Hall–Kier alpha value is -0.670. The van der Waals surface area contributed by atoms with Crippen LogP contribution >= 0.6 is 0 Å². The lowest BCUT2D eigenvalue weighted by Gasteiger charge is -2.16. The minimum atomic E-state index is 0.347. The Morgan fingerprint density at radius 2 is 2.50 bits per heavy atom. The number of rotatable bonds is 1. The summed E-state index contributed by atoms with van der Waals surface area (Å²) >= 11 is 0. The largest absolute Gasteiger partial charge is 0.214 e. The quantitative estimate of drug-likeness (QED) is 0.382. The van der Waals surface area contributed by atoms with Crippen molar-refractivity contribution >= 4 is 6.34 Å². The fourth-order valence-electron chi connectivity index (χ4n) is 0.551.